The normalized spacial score (nSPS) is 17.2. The number of carbonyl (C=O) groups excluding carboxylic acids is 1. The molecule has 1 unspecified atom stereocenters. The number of benzene rings is 2. The summed E-state index contributed by atoms with van der Waals surface area (Å²) in [6, 6.07) is 17.3. The van der Waals surface area contributed by atoms with E-state index in [0.717, 1.165) is 16.7 Å². The van der Waals surface area contributed by atoms with E-state index in [0.29, 0.717) is 25.9 Å². The van der Waals surface area contributed by atoms with Crippen LogP contribution in [0.5, 0.6) is 0 Å². The third kappa shape index (κ3) is 5.00. The summed E-state index contributed by atoms with van der Waals surface area (Å²) < 4.78 is 27.1. The van der Waals surface area contributed by atoms with Crippen molar-refractivity contribution in [1.82, 2.24) is 9.62 Å². The van der Waals surface area contributed by atoms with Gasteiger partial charge < -0.3 is 5.32 Å². The molecule has 0 spiro atoms. The largest absolute Gasteiger partial charge is 0.349 e. The molecule has 1 amide bonds. The summed E-state index contributed by atoms with van der Waals surface area (Å²) in [5, 5.41) is 3.06. The van der Waals surface area contributed by atoms with Gasteiger partial charge in [-0.15, -0.1) is 0 Å². The zero-order chi connectivity index (χ0) is 20.1. The zero-order valence-corrected chi connectivity index (χ0v) is 17.3. The van der Waals surface area contributed by atoms with Crippen molar-refractivity contribution in [2.45, 2.75) is 38.5 Å². The van der Waals surface area contributed by atoms with Crippen molar-refractivity contribution in [3.05, 3.63) is 71.3 Å². The fourth-order valence-corrected chi connectivity index (χ4v) is 5.28. The van der Waals surface area contributed by atoms with Crippen LogP contribution < -0.4 is 5.32 Å². The van der Waals surface area contributed by atoms with Crippen molar-refractivity contribution in [2.75, 3.05) is 13.1 Å². The van der Waals surface area contributed by atoms with Crippen LogP contribution in [-0.2, 0) is 20.6 Å². The van der Waals surface area contributed by atoms with E-state index in [-0.39, 0.29) is 23.6 Å². The molecule has 1 N–H and O–H groups in total. The monoisotopic (exact) mass is 400 g/mol. The van der Waals surface area contributed by atoms with Crippen molar-refractivity contribution < 1.29 is 13.2 Å². The lowest BCUT2D eigenvalue weighted by Crippen LogP contribution is -2.43. The number of nitrogens with one attached hydrogen (secondary N) is 1. The van der Waals surface area contributed by atoms with Gasteiger partial charge in [0, 0.05) is 19.0 Å². The lowest BCUT2D eigenvalue weighted by atomic mass is 9.96. The Kier molecular flexibility index (Phi) is 6.52. The maximum Gasteiger partial charge on any atom is 0.223 e. The number of sulfonamides is 1. The molecule has 0 aromatic heterocycles. The second-order valence-electron chi connectivity index (χ2n) is 7.50. The molecule has 2 aromatic rings. The van der Waals surface area contributed by atoms with E-state index in [4.69, 9.17) is 0 Å². The van der Waals surface area contributed by atoms with E-state index in [1.807, 2.05) is 68.4 Å². The lowest BCUT2D eigenvalue weighted by molar-refractivity contribution is -0.126. The van der Waals surface area contributed by atoms with E-state index in [9.17, 15) is 13.2 Å². The number of hydrogen-bond donors (Lipinski definition) is 1. The minimum Gasteiger partial charge on any atom is -0.349 e. The molecular formula is C22H28N2O3S. The van der Waals surface area contributed by atoms with Gasteiger partial charge in [-0.05, 0) is 43.4 Å². The average Bonchev–Trinajstić information content (AvgIpc) is 2.70. The molecule has 28 heavy (non-hydrogen) atoms. The summed E-state index contributed by atoms with van der Waals surface area (Å²) in [5.74, 6) is -0.120. The van der Waals surface area contributed by atoms with Gasteiger partial charge in [0.2, 0.25) is 15.9 Å². The number of nitrogens with zero attached hydrogens (tertiary/aromatic N) is 1. The van der Waals surface area contributed by atoms with Gasteiger partial charge in [-0.1, -0.05) is 54.6 Å². The van der Waals surface area contributed by atoms with Crippen LogP contribution in [-0.4, -0.2) is 31.7 Å². The Bertz CT molecular complexity index is 904. The minimum atomic E-state index is -3.37. The fourth-order valence-electron chi connectivity index (χ4n) is 3.61. The predicted octanol–water partition coefficient (Wildman–Crippen LogP) is 3.41. The van der Waals surface area contributed by atoms with E-state index < -0.39 is 10.0 Å². The number of amides is 1. The maximum absolute atomic E-state index is 12.8. The van der Waals surface area contributed by atoms with Crippen LogP contribution in [0, 0.1) is 12.8 Å². The van der Waals surface area contributed by atoms with Crippen LogP contribution in [0.2, 0.25) is 0 Å². The number of aryl methyl sites for hydroxylation is 1. The molecule has 5 nitrogen and oxygen atoms in total. The summed E-state index contributed by atoms with van der Waals surface area (Å²) in [7, 11) is -3.37. The third-order valence-electron chi connectivity index (χ3n) is 5.48. The van der Waals surface area contributed by atoms with Crippen molar-refractivity contribution in [3.63, 3.8) is 0 Å². The van der Waals surface area contributed by atoms with Crippen LogP contribution in [0.15, 0.2) is 54.6 Å². The number of rotatable bonds is 6. The SMILES string of the molecule is Cc1ccccc1CS(=O)(=O)N1CCC(C(=O)NC(C)c2ccccc2)CC1. The average molecular weight is 401 g/mol. The van der Waals surface area contributed by atoms with Gasteiger partial charge in [-0.3, -0.25) is 4.79 Å². The first-order chi connectivity index (χ1) is 13.4. The van der Waals surface area contributed by atoms with Crippen molar-refractivity contribution in [2.24, 2.45) is 5.92 Å². The molecule has 1 atom stereocenters. The van der Waals surface area contributed by atoms with Crippen LogP contribution in [0.3, 0.4) is 0 Å². The van der Waals surface area contributed by atoms with Crippen LogP contribution in [0.1, 0.15) is 42.5 Å². The highest BCUT2D eigenvalue weighted by Gasteiger charge is 2.31. The molecule has 1 fully saturated rings. The Hall–Kier alpha value is -2.18. The molecule has 0 radical (unpaired) electrons. The fraction of sp³-hybridized carbons (Fsp3) is 0.409. The molecule has 2 aromatic carbocycles. The van der Waals surface area contributed by atoms with Gasteiger partial charge in [0.1, 0.15) is 0 Å². The van der Waals surface area contributed by atoms with Gasteiger partial charge in [0.05, 0.1) is 11.8 Å². The summed E-state index contributed by atoms with van der Waals surface area (Å²) in [6.07, 6.45) is 1.11. The molecule has 3 rings (SSSR count). The van der Waals surface area contributed by atoms with E-state index in [1.54, 1.807) is 0 Å². The highest BCUT2D eigenvalue weighted by molar-refractivity contribution is 7.88. The Morgan fingerprint density at radius 2 is 1.68 bits per heavy atom. The predicted molar refractivity (Wildman–Crippen MR) is 111 cm³/mol. The van der Waals surface area contributed by atoms with E-state index in [2.05, 4.69) is 5.32 Å². The second-order valence-corrected chi connectivity index (χ2v) is 9.47. The second kappa shape index (κ2) is 8.88. The maximum atomic E-state index is 12.8. The number of piperidine rings is 1. The highest BCUT2D eigenvalue weighted by Crippen LogP contribution is 2.23. The Balaban J connectivity index is 1.55. The standard InChI is InChI=1S/C22H28N2O3S/c1-17-8-6-7-11-21(17)16-28(26,27)24-14-12-20(13-15-24)22(25)23-18(2)19-9-4-3-5-10-19/h3-11,18,20H,12-16H2,1-2H3,(H,23,25). The highest BCUT2D eigenvalue weighted by atomic mass is 32.2. The smallest absolute Gasteiger partial charge is 0.223 e. The molecule has 150 valence electrons. The summed E-state index contributed by atoms with van der Waals surface area (Å²) in [6.45, 7) is 4.68. The number of hydrogen-bond acceptors (Lipinski definition) is 3. The first kappa shape index (κ1) is 20.6. The lowest BCUT2D eigenvalue weighted by Gasteiger charge is -2.31. The Labute approximate surface area is 167 Å². The summed E-state index contributed by atoms with van der Waals surface area (Å²) in [5.41, 5.74) is 2.88. The van der Waals surface area contributed by atoms with Crippen LogP contribution >= 0.6 is 0 Å². The van der Waals surface area contributed by atoms with Crippen LogP contribution in [0.4, 0.5) is 0 Å². The quantitative estimate of drug-likeness (QED) is 0.808. The van der Waals surface area contributed by atoms with E-state index in [1.165, 1.54) is 4.31 Å². The zero-order valence-electron chi connectivity index (χ0n) is 16.5. The van der Waals surface area contributed by atoms with Crippen LogP contribution in [0.25, 0.3) is 0 Å². The van der Waals surface area contributed by atoms with Gasteiger partial charge in [0.15, 0.2) is 0 Å². The first-order valence-electron chi connectivity index (χ1n) is 9.74. The molecule has 1 saturated heterocycles. The molecule has 1 aliphatic rings. The molecular weight excluding hydrogens is 372 g/mol. The molecule has 1 aliphatic heterocycles. The number of carbonyl (C=O) groups is 1. The molecule has 0 aliphatic carbocycles. The van der Waals surface area contributed by atoms with Crippen molar-refractivity contribution >= 4 is 15.9 Å². The van der Waals surface area contributed by atoms with Crippen molar-refractivity contribution in [3.8, 4) is 0 Å². The molecule has 0 bridgehead atoms. The minimum absolute atomic E-state index is 0.00676. The van der Waals surface area contributed by atoms with Gasteiger partial charge >= 0.3 is 0 Å². The molecule has 1 heterocycles. The first-order valence-corrected chi connectivity index (χ1v) is 11.4. The van der Waals surface area contributed by atoms with E-state index >= 15 is 0 Å². The Morgan fingerprint density at radius 3 is 2.32 bits per heavy atom. The van der Waals surface area contributed by atoms with Gasteiger partial charge in [-0.25, -0.2) is 12.7 Å². The Morgan fingerprint density at radius 1 is 1.07 bits per heavy atom. The molecule has 6 heteroatoms. The summed E-state index contributed by atoms with van der Waals surface area (Å²) in [4.78, 5) is 12.6. The third-order valence-corrected chi connectivity index (χ3v) is 7.30. The molecule has 0 saturated carbocycles. The van der Waals surface area contributed by atoms with Crippen molar-refractivity contribution in [1.29, 1.82) is 0 Å². The van der Waals surface area contributed by atoms with Gasteiger partial charge in [0.25, 0.3) is 0 Å². The topological polar surface area (TPSA) is 66.5 Å². The summed E-state index contributed by atoms with van der Waals surface area (Å²) >= 11 is 0. The van der Waals surface area contributed by atoms with Gasteiger partial charge in [-0.2, -0.15) is 0 Å².